The van der Waals surface area contributed by atoms with E-state index in [1.807, 2.05) is 64.2 Å². The molecule has 150 valence electrons. The quantitative estimate of drug-likeness (QED) is 0.467. The molecule has 4 heterocycles. The molecule has 5 rings (SSSR count). The van der Waals surface area contributed by atoms with E-state index in [-0.39, 0.29) is 11.5 Å². The van der Waals surface area contributed by atoms with Gasteiger partial charge in [0.1, 0.15) is 10.7 Å². The summed E-state index contributed by atoms with van der Waals surface area (Å²) in [5, 5.41) is 4.49. The lowest BCUT2D eigenvalue weighted by molar-refractivity contribution is -0.123. The maximum Gasteiger partial charge on any atom is 0.259 e. The molecule has 1 aliphatic rings. The molecule has 0 unspecified atom stereocenters. The highest BCUT2D eigenvalue weighted by molar-refractivity contribution is 7.21. The number of hydrogen-bond donors (Lipinski definition) is 1. The number of H-pyrrole nitrogens is 1. The van der Waals surface area contributed by atoms with E-state index in [1.54, 1.807) is 11.3 Å². The summed E-state index contributed by atoms with van der Waals surface area (Å²) in [6.45, 7) is 1.48. The van der Waals surface area contributed by atoms with Crippen LogP contribution in [0.4, 0.5) is 0 Å². The molecule has 5 nitrogen and oxygen atoms in total. The Morgan fingerprint density at radius 3 is 2.67 bits per heavy atom. The summed E-state index contributed by atoms with van der Waals surface area (Å²) < 4.78 is 0. The monoisotopic (exact) mass is 433 g/mol. The van der Waals surface area contributed by atoms with E-state index in [0.29, 0.717) is 21.6 Å². The van der Waals surface area contributed by atoms with Gasteiger partial charge in [0.05, 0.1) is 11.0 Å². The van der Waals surface area contributed by atoms with Crippen molar-refractivity contribution in [3.05, 3.63) is 75.0 Å². The molecule has 0 radical (unpaired) electrons. The molecule has 1 N–H and O–H groups in total. The fraction of sp³-hybridized carbons (Fsp3) is 0.174. The highest BCUT2D eigenvalue weighted by atomic mass is 32.1. The molecule has 1 saturated heterocycles. The van der Waals surface area contributed by atoms with E-state index < -0.39 is 0 Å². The van der Waals surface area contributed by atoms with Crippen LogP contribution in [0.15, 0.2) is 58.0 Å². The number of nitrogens with one attached hydrogen (secondary N) is 1. The Balaban J connectivity index is 1.62. The highest BCUT2D eigenvalue weighted by Gasteiger charge is 2.25. The molecule has 7 heteroatoms. The predicted octanol–water partition coefficient (Wildman–Crippen LogP) is 4.88. The van der Waals surface area contributed by atoms with Crippen molar-refractivity contribution in [1.82, 2.24) is 14.9 Å². The van der Waals surface area contributed by atoms with Crippen LogP contribution in [-0.2, 0) is 4.79 Å². The Morgan fingerprint density at radius 1 is 1.13 bits per heavy atom. The fourth-order valence-corrected chi connectivity index (χ4v) is 5.31. The highest BCUT2D eigenvalue weighted by Crippen LogP contribution is 2.31. The van der Waals surface area contributed by atoms with Gasteiger partial charge >= 0.3 is 0 Å². The van der Waals surface area contributed by atoms with Gasteiger partial charge in [0.2, 0.25) is 0 Å². The number of aromatic nitrogens is 2. The Labute approximate surface area is 181 Å². The molecule has 0 aliphatic carbocycles. The third-order valence-corrected chi connectivity index (χ3v) is 6.97. The van der Waals surface area contributed by atoms with Gasteiger partial charge in [-0.05, 0) is 52.9 Å². The Hall–Kier alpha value is -3.03. The van der Waals surface area contributed by atoms with Crippen LogP contribution in [0, 0.1) is 0 Å². The van der Waals surface area contributed by atoms with Crippen LogP contribution in [0.2, 0.25) is 0 Å². The van der Waals surface area contributed by atoms with Crippen LogP contribution >= 0.6 is 22.7 Å². The average molecular weight is 434 g/mol. The Bertz CT molecular complexity index is 1280. The van der Waals surface area contributed by atoms with Crippen molar-refractivity contribution in [2.24, 2.45) is 0 Å². The van der Waals surface area contributed by atoms with E-state index in [1.165, 1.54) is 11.3 Å². The normalized spacial score (nSPS) is 14.5. The summed E-state index contributed by atoms with van der Waals surface area (Å²) >= 11 is 3.03. The first-order valence-corrected chi connectivity index (χ1v) is 11.6. The minimum Gasteiger partial charge on any atom is -0.339 e. The molecule has 0 bridgehead atoms. The van der Waals surface area contributed by atoms with Crippen molar-refractivity contribution in [2.75, 3.05) is 13.1 Å². The number of nitrogens with zero attached hydrogens (tertiary/aromatic N) is 2. The number of fused-ring (bicyclic) bond motifs is 1. The van der Waals surface area contributed by atoms with E-state index in [4.69, 9.17) is 4.98 Å². The second kappa shape index (κ2) is 8.01. The van der Waals surface area contributed by atoms with Crippen molar-refractivity contribution >= 4 is 50.4 Å². The number of hydrogen-bond acceptors (Lipinski definition) is 5. The zero-order valence-electron chi connectivity index (χ0n) is 16.1. The molecule has 0 spiro atoms. The smallest absolute Gasteiger partial charge is 0.259 e. The second-order valence-corrected chi connectivity index (χ2v) is 9.03. The van der Waals surface area contributed by atoms with E-state index in [2.05, 4.69) is 4.98 Å². The molecule has 4 aromatic rings. The lowest BCUT2D eigenvalue weighted by Crippen LogP contribution is -2.29. The first-order valence-electron chi connectivity index (χ1n) is 9.82. The van der Waals surface area contributed by atoms with Gasteiger partial charge in [-0.3, -0.25) is 9.59 Å². The number of thiophene rings is 2. The van der Waals surface area contributed by atoms with Crippen LogP contribution in [0.3, 0.4) is 0 Å². The number of aromatic amines is 1. The standard InChI is InChI=1S/C23H19N3O2S2/c27-21-18-13-19(16-6-2-1-3-7-16)30-22(18)25-20(24-21)17(12-15-8-11-29-14-15)23(28)26-9-4-5-10-26/h1-3,6-8,11-14H,4-5,9-10H2,(H,24,25,27). The summed E-state index contributed by atoms with van der Waals surface area (Å²) in [5.41, 5.74) is 2.19. The van der Waals surface area contributed by atoms with Gasteiger partial charge in [-0.15, -0.1) is 11.3 Å². The molecule has 0 saturated carbocycles. The largest absolute Gasteiger partial charge is 0.339 e. The van der Waals surface area contributed by atoms with Gasteiger partial charge in [-0.1, -0.05) is 30.3 Å². The third-order valence-electron chi connectivity index (χ3n) is 5.19. The molecular formula is C23H19N3O2S2. The van der Waals surface area contributed by atoms with Crippen molar-refractivity contribution in [2.45, 2.75) is 12.8 Å². The lowest BCUT2D eigenvalue weighted by Gasteiger charge is -2.17. The van der Waals surface area contributed by atoms with Crippen molar-refractivity contribution < 1.29 is 4.79 Å². The van der Waals surface area contributed by atoms with Crippen LogP contribution in [0.1, 0.15) is 24.2 Å². The van der Waals surface area contributed by atoms with E-state index >= 15 is 0 Å². The zero-order valence-corrected chi connectivity index (χ0v) is 17.8. The van der Waals surface area contributed by atoms with Crippen LogP contribution in [0.25, 0.3) is 32.3 Å². The molecule has 1 aromatic carbocycles. The van der Waals surface area contributed by atoms with E-state index in [9.17, 15) is 9.59 Å². The molecule has 1 fully saturated rings. The van der Waals surface area contributed by atoms with E-state index in [0.717, 1.165) is 41.9 Å². The predicted molar refractivity (Wildman–Crippen MR) is 124 cm³/mol. The maximum atomic E-state index is 13.2. The van der Waals surface area contributed by atoms with Crippen molar-refractivity contribution in [3.8, 4) is 10.4 Å². The molecule has 0 atom stereocenters. The minimum absolute atomic E-state index is 0.0824. The number of rotatable bonds is 4. The topological polar surface area (TPSA) is 66.1 Å². The first kappa shape index (κ1) is 19.0. The number of carbonyl (C=O) groups is 1. The summed E-state index contributed by atoms with van der Waals surface area (Å²) in [6, 6.07) is 13.8. The Kier molecular flexibility index (Phi) is 5.06. The number of carbonyl (C=O) groups excluding carboxylic acids is 1. The molecule has 3 aromatic heterocycles. The van der Waals surface area contributed by atoms with Crippen molar-refractivity contribution in [3.63, 3.8) is 0 Å². The number of likely N-dealkylation sites (tertiary alicyclic amines) is 1. The summed E-state index contributed by atoms with van der Waals surface area (Å²) in [5.74, 6) is 0.248. The van der Waals surface area contributed by atoms with Crippen LogP contribution < -0.4 is 5.56 Å². The van der Waals surface area contributed by atoms with Crippen LogP contribution in [0.5, 0.6) is 0 Å². The first-order chi connectivity index (χ1) is 14.7. The van der Waals surface area contributed by atoms with Gasteiger partial charge in [-0.25, -0.2) is 4.98 Å². The summed E-state index contributed by atoms with van der Waals surface area (Å²) in [7, 11) is 0. The molecule has 1 aliphatic heterocycles. The summed E-state index contributed by atoms with van der Waals surface area (Å²) in [6.07, 6.45) is 3.84. The fourth-order valence-electron chi connectivity index (χ4n) is 3.65. The lowest BCUT2D eigenvalue weighted by atomic mass is 10.1. The van der Waals surface area contributed by atoms with Crippen LogP contribution in [-0.4, -0.2) is 33.9 Å². The SMILES string of the molecule is O=C(C(=Cc1ccsc1)c1nc2sc(-c3ccccc3)cc2c(=O)[nH]1)N1CCCC1. The van der Waals surface area contributed by atoms with Gasteiger partial charge in [0.25, 0.3) is 11.5 Å². The molecule has 1 amide bonds. The maximum absolute atomic E-state index is 13.2. The molecule has 30 heavy (non-hydrogen) atoms. The Morgan fingerprint density at radius 2 is 1.93 bits per heavy atom. The second-order valence-electron chi connectivity index (χ2n) is 7.22. The third kappa shape index (κ3) is 3.62. The van der Waals surface area contributed by atoms with Gasteiger partial charge in [-0.2, -0.15) is 11.3 Å². The van der Waals surface area contributed by atoms with Gasteiger partial charge in [0.15, 0.2) is 0 Å². The summed E-state index contributed by atoms with van der Waals surface area (Å²) in [4.78, 5) is 37.1. The molecular weight excluding hydrogens is 414 g/mol. The number of benzene rings is 1. The van der Waals surface area contributed by atoms with Gasteiger partial charge < -0.3 is 9.88 Å². The van der Waals surface area contributed by atoms with Gasteiger partial charge in [0, 0.05) is 18.0 Å². The number of amides is 1. The average Bonchev–Trinajstić information content (AvgIpc) is 3.54. The minimum atomic E-state index is -0.223. The van der Waals surface area contributed by atoms with Crippen molar-refractivity contribution in [1.29, 1.82) is 0 Å². The zero-order chi connectivity index (χ0) is 20.5.